The molecule has 41 heavy (non-hydrogen) atoms. The summed E-state index contributed by atoms with van der Waals surface area (Å²) in [6.45, 7) is 5.40. The van der Waals surface area contributed by atoms with Crippen LogP contribution in [0.1, 0.15) is 54.2 Å². The molecule has 1 heterocycles. The number of nitro benzene ring substituents is 1. The standard InChI is InChI=1S/C31H27Cl2N3O5/c1-31(2,3)41-29(37)15-8-19-16-24(32)23(25(33)17-19)13-11-21-9-10-22(18-27(21)36(39)40)30(38)35-28-14-12-20-6-4-5-7-26(20)34-28/h4-7,9-14,16-18H,8,15H2,1-3H3,(H,34,35,38)/b13-11+. The van der Waals surface area contributed by atoms with Crippen LogP contribution in [0.3, 0.4) is 0 Å². The van der Waals surface area contributed by atoms with E-state index in [1.54, 1.807) is 45.0 Å². The average molecular weight is 592 g/mol. The quantitative estimate of drug-likeness (QED) is 0.0957. The number of benzene rings is 3. The van der Waals surface area contributed by atoms with Gasteiger partial charge in [-0.1, -0.05) is 47.5 Å². The van der Waals surface area contributed by atoms with E-state index in [2.05, 4.69) is 10.3 Å². The molecule has 210 valence electrons. The van der Waals surface area contributed by atoms with E-state index in [-0.39, 0.29) is 29.2 Å². The molecule has 4 aromatic rings. The highest BCUT2D eigenvalue weighted by Crippen LogP contribution is 2.31. The van der Waals surface area contributed by atoms with Crippen molar-refractivity contribution in [3.8, 4) is 0 Å². The topological polar surface area (TPSA) is 111 Å². The van der Waals surface area contributed by atoms with Gasteiger partial charge in [-0.15, -0.1) is 0 Å². The highest BCUT2D eigenvalue weighted by Gasteiger charge is 2.18. The maximum Gasteiger partial charge on any atom is 0.306 e. The Balaban J connectivity index is 1.50. The summed E-state index contributed by atoms with van der Waals surface area (Å²) in [5.74, 6) is -0.523. The van der Waals surface area contributed by atoms with Gasteiger partial charge in [-0.05, 0) is 81.3 Å². The van der Waals surface area contributed by atoms with Crippen molar-refractivity contribution in [3.05, 3.63) is 109 Å². The van der Waals surface area contributed by atoms with Gasteiger partial charge in [0.1, 0.15) is 11.4 Å². The molecular weight excluding hydrogens is 565 g/mol. The summed E-state index contributed by atoms with van der Waals surface area (Å²) in [7, 11) is 0. The van der Waals surface area contributed by atoms with Crippen molar-refractivity contribution in [2.24, 2.45) is 0 Å². The van der Waals surface area contributed by atoms with E-state index in [4.69, 9.17) is 27.9 Å². The number of anilines is 1. The van der Waals surface area contributed by atoms with E-state index in [1.807, 2.05) is 30.3 Å². The number of nitrogens with zero attached hydrogens (tertiary/aromatic N) is 2. The number of halogens is 2. The van der Waals surface area contributed by atoms with Gasteiger partial charge in [0.05, 0.1) is 16.0 Å². The summed E-state index contributed by atoms with van der Waals surface area (Å²) in [6, 6.07) is 18.5. The monoisotopic (exact) mass is 591 g/mol. The van der Waals surface area contributed by atoms with Crippen LogP contribution in [-0.4, -0.2) is 27.4 Å². The first-order valence-electron chi connectivity index (χ1n) is 12.7. The highest BCUT2D eigenvalue weighted by atomic mass is 35.5. The molecule has 1 aromatic heterocycles. The van der Waals surface area contributed by atoms with Gasteiger partial charge in [0, 0.05) is 39.0 Å². The second kappa shape index (κ2) is 12.5. The number of carbonyl (C=O) groups excluding carboxylic acids is 2. The molecule has 0 atom stereocenters. The molecule has 0 saturated carbocycles. The first kappa shape index (κ1) is 29.7. The summed E-state index contributed by atoms with van der Waals surface area (Å²) >= 11 is 12.9. The zero-order chi connectivity index (χ0) is 29.7. The number of rotatable bonds is 8. The molecule has 0 aliphatic carbocycles. The number of amides is 1. The lowest BCUT2D eigenvalue weighted by Crippen LogP contribution is -2.24. The lowest BCUT2D eigenvalue weighted by Gasteiger charge is -2.19. The number of nitrogens with one attached hydrogen (secondary N) is 1. The van der Waals surface area contributed by atoms with Gasteiger partial charge in [0.15, 0.2) is 0 Å². The minimum atomic E-state index is -0.569. The van der Waals surface area contributed by atoms with Crippen molar-refractivity contribution in [1.29, 1.82) is 0 Å². The zero-order valence-corrected chi connectivity index (χ0v) is 24.1. The lowest BCUT2D eigenvalue weighted by atomic mass is 10.0. The van der Waals surface area contributed by atoms with E-state index < -0.39 is 16.4 Å². The third-order valence-electron chi connectivity index (χ3n) is 5.94. The molecule has 0 aliphatic heterocycles. The van der Waals surface area contributed by atoms with Crippen molar-refractivity contribution in [1.82, 2.24) is 4.98 Å². The Morgan fingerprint density at radius 3 is 2.39 bits per heavy atom. The normalized spacial score (nSPS) is 11.5. The first-order valence-corrected chi connectivity index (χ1v) is 13.5. The third kappa shape index (κ3) is 7.90. The number of hydrogen-bond donors (Lipinski definition) is 1. The zero-order valence-electron chi connectivity index (χ0n) is 22.6. The molecule has 0 saturated heterocycles. The molecule has 4 rings (SSSR count). The minimum Gasteiger partial charge on any atom is -0.460 e. The van der Waals surface area contributed by atoms with Crippen LogP contribution in [0.15, 0.2) is 66.7 Å². The third-order valence-corrected chi connectivity index (χ3v) is 6.56. The summed E-state index contributed by atoms with van der Waals surface area (Å²) in [6.07, 6.45) is 3.64. The molecule has 0 aliphatic rings. The SMILES string of the molecule is CC(C)(C)OC(=O)CCc1cc(Cl)c(/C=C/c2ccc(C(=O)Nc3ccc4ccccc4n3)cc2[N+](=O)[O-])c(Cl)c1. The van der Waals surface area contributed by atoms with Crippen LogP contribution in [0.2, 0.25) is 10.0 Å². The Morgan fingerprint density at radius 1 is 1.00 bits per heavy atom. The molecule has 0 bridgehead atoms. The van der Waals surface area contributed by atoms with Crippen LogP contribution < -0.4 is 5.32 Å². The van der Waals surface area contributed by atoms with Gasteiger partial charge >= 0.3 is 5.97 Å². The number of fused-ring (bicyclic) bond motifs is 1. The van der Waals surface area contributed by atoms with Gasteiger partial charge in [-0.3, -0.25) is 19.7 Å². The number of esters is 1. The number of carbonyl (C=O) groups is 2. The van der Waals surface area contributed by atoms with Gasteiger partial charge in [0.2, 0.25) is 0 Å². The summed E-state index contributed by atoms with van der Waals surface area (Å²) in [5, 5.41) is 16.1. The molecule has 1 amide bonds. The number of nitro groups is 1. The number of aryl methyl sites for hydroxylation is 1. The molecule has 0 fully saturated rings. The second-order valence-electron chi connectivity index (χ2n) is 10.3. The summed E-state index contributed by atoms with van der Waals surface area (Å²) in [4.78, 5) is 40.6. The fourth-order valence-electron chi connectivity index (χ4n) is 4.06. The van der Waals surface area contributed by atoms with Crippen LogP contribution in [0.5, 0.6) is 0 Å². The van der Waals surface area contributed by atoms with Crippen molar-refractivity contribution in [3.63, 3.8) is 0 Å². The summed E-state index contributed by atoms with van der Waals surface area (Å²) in [5.41, 5.74) is 1.47. The number of hydrogen-bond acceptors (Lipinski definition) is 6. The van der Waals surface area contributed by atoms with Crippen molar-refractivity contribution in [2.45, 2.75) is 39.2 Å². The summed E-state index contributed by atoms with van der Waals surface area (Å²) < 4.78 is 5.33. The van der Waals surface area contributed by atoms with Gasteiger partial charge in [-0.25, -0.2) is 4.98 Å². The van der Waals surface area contributed by atoms with Crippen molar-refractivity contribution < 1.29 is 19.2 Å². The Bertz CT molecular complexity index is 1660. The van der Waals surface area contributed by atoms with Crippen LogP contribution in [0.25, 0.3) is 23.1 Å². The lowest BCUT2D eigenvalue weighted by molar-refractivity contribution is -0.385. The van der Waals surface area contributed by atoms with Crippen LogP contribution in [0, 0.1) is 10.1 Å². The van der Waals surface area contributed by atoms with E-state index >= 15 is 0 Å². The Hall–Kier alpha value is -4.27. The Kier molecular flexibility index (Phi) is 9.05. The van der Waals surface area contributed by atoms with Crippen molar-refractivity contribution in [2.75, 3.05) is 5.32 Å². The highest BCUT2D eigenvalue weighted by molar-refractivity contribution is 6.37. The van der Waals surface area contributed by atoms with E-state index in [1.165, 1.54) is 24.3 Å². The molecule has 0 unspecified atom stereocenters. The number of pyridine rings is 1. The molecule has 8 nitrogen and oxygen atoms in total. The Labute approximate surface area is 247 Å². The van der Waals surface area contributed by atoms with E-state index in [9.17, 15) is 19.7 Å². The maximum atomic E-state index is 12.8. The molecule has 3 aromatic carbocycles. The van der Waals surface area contributed by atoms with Gasteiger partial charge in [0.25, 0.3) is 11.6 Å². The van der Waals surface area contributed by atoms with E-state index in [0.29, 0.717) is 33.4 Å². The number of aromatic nitrogens is 1. The van der Waals surface area contributed by atoms with Gasteiger partial charge < -0.3 is 10.1 Å². The largest absolute Gasteiger partial charge is 0.460 e. The molecule has 0 spiro atoms. The number of ether oxygens (including phenoxy) is 1. The van der Waals surface area contributed by atoms with Crippen LogP contribution >= 0.6 is 23.2 Å². The molecular formula is C31H27Cl2N3O5. The predicted molar refractivity (Wildman–Crippen MR) is 162 cm³/mol. The fourth-order valence-corrected chi connectivity index (χ4v) is 4.72. The maximum absolute atomic E-state index is 12.8. The van der Waals surface area contributed by atoms with Crippen LogP contribution in [0.4, 0.5) is 11.5 Å². The average Bonchev–Trinajstić information content (AvgIpc) is 2.90. The number of para-hydroxylation sites is 1. The fraction of sp³-hybridized carbons (Fsp3) is 0.194. The minimum absolute atomic E-state index is 0.106. The smallest absolute Gasteiger partial charge is 0.306 e. The van der Waals surface area contributed by atoms with Crippen LogP contribution in [-0.2, 0) is 16.0 Å². The molecule has 10 heteroatoms. The second-order valence-corrected chi connectivity index (χ2v) is 11.1. The van der Waals surface area contributed by atoms with Crippen molar-refractivity contribution >= 4 is 69.6 Å². The Morgan fingerprint density at radius 2 is 1.71 bits per heavy atom. The molecule has 1 N–H and O–H groups in total. The molecule has 0 radical (unpaired) electrons. The van der Waals surface area contributed by atoms with Gasteiger partial charge in [-0.2, -0.15) is 0 Å². The first-order chi connectivity index (χ1) is 19.4. The predicted octanol–water partition coefficient (Wildman–Crippen LogP) is 8.15. The van der Waals surface area contributed by atoms with E-state index in [0.717, 1.165) is 10.9 Å².